The molecule has 0 spiro atoms. The SMILES string of the molecule is CCN(CC(=O)Nc1cccc(C)c1C)Cc1nc2ccccc2c(=O)[nH]1. The van der Waals surface area contributed by atoms with Crippen LogP contribution in [-0.4, -0.2) is 33.9 Å². The van der Waals surface area contributed by atoms with Crippen molar-refractivity contribution in [3.8, 4) is 0 Å². The minimum atomic E-state index is -0.161. The lowest BCUT2D eigenvalue weighted by atomic mass is 10.1. The second kappa shape index (κ2) is 8.14. The molecule has 27 heavy (non-hydrogen) atoms. The number of carbonyl (C=O) groups excluding carboxylic acids is 1. The van der Waals surface area contributed by atoms with Gasteiger partial charge in [0, 0.05) is 5.69 Å². The van der Waals surface area contributed by atoms with E-state index in [0.717, 1.165) is 16.8 Å². The van der Waals surface area contributed by atoms with Crippen LogP contribution in [0.15, 0.2) is 47.3 Å². The molecule has 0 saturated heterocycles. The second-order valence-electron chi connectivity index (χ2n) is 6.63. The van der Waals surface area contributed by atoms with E-state index in [9.17, 15) is 9.59 Å². The van der Waals surface area contributed by atoms with Crippen molar-refractivity contribution < 1.29 is 4.79 Å². The molecule has 0 saturated carbocycles. The van der Waals surface area contributed by atoms with Gasteiger partial charge in [-0.15, -0.1) is 0 Å². The normalized spacial score (nSPS) is 11.1. The lowest BCUT2D eigenvalue weighted by molar-refractivity contribution is -0.117. The molecule has 0 atom stereocenters. The zero-order valence-corrected chi connectivity index (χ0v) is 15.9. The van der Waals surface area contributed by atoms with Gasteiger partial charge in [0.25, 0.3) is 5.56 Å². The van der Waals surface area contributed by atoms with E-state index in [4.69, 9.17) is 0 Å². The molecule has 1 amide bonds. The fourth-order valence-electron chi connectivity index (χ4n) is 2.98. The topological polar surface area (TPSA) is 78.1 Å². The number of nitrogens with one attached hydrogen (secondary N) is 2. The first-order valence-electron chi connectivity index (χ1n) is 9.04. The summed E-state index contributed by atoms with van der Waals surface area (Å²) in [5, 5.41) is 3.54. The van der Waals surface area contributed by atoms with Gasteiger partial charge in [0.15, 0.2) is 0 Å². The molecular formula is C21H24N4O2. The van der Waals surface area contributed by atoms with Crippen molar-refractivity contribution in [1.82, 2.24) is 14.9 Å². The molecule has 0 aliphatic rings. The minimum Gasteiger partial charge on any atom is -0.325 e. The van der Waals surface area contributed by atoms with Crippen molar-refractivity contribution in [3.63, 3.8) is 0 Å². The molecule has 0 unspecified atom stereocenters. The highest BCUT2D eigenvalue weighted by Crippen LogP contribution is 2.18. The van der Waals surface area contributed by atoms with Crippen molar-refractivity contribution in [3.05, 3.63) is 69.8 Å². The number of aromatic amines is 1. The van der Waals surface area contributed by atoms with Gasteiger partial charge >= 0.3 is 0 Å². The number of hydrogen-bond acceptors (Lipinski definition) is 4. The van der Waals surface area contributed by atoms with E-state index >= 15 is 0 Å². The molecule has 0 aliphatic carbocycles. The van der Waals surface area contributed by atoms with Crippen LogP contribution in [-0.2, 0) is 11.3 Å². The maximum atomic E-state index is 12.5. The van der Waals surface area contributed by atoms with E-state index in [0.29, 0.717) is 29.8 Å². The molecule has 1 aromatic heterocycles. The fraction of sp³-hybridized carbons (Fsp3) is 0.286. The summed E-state index contributed by atoms with van der Waals surface area (Å²) < 4.78 is 0. The number of rotatable bonds is 6. The number of hydrogen-bond donors (Lipinski definition) is 2. The Balaban J connectivity index is 1.71. The first kappa shape index (κ1) is 18.8. The molecule has 3 aromatic rings. The Morgan fingerprint density at radius 1 is 1.15 bits per heavy atom. The number of benzene rings is 2. The number of H-pyrrole nitrogens is 1. The number of likely N-dealkylation sites (N-methyl/N-ethyl adjacent to an activating group) is 1. The van der Waals surface area contributed by atoms with Gasteiger partial charge in [0.2, 0.25) is 5.91 Å². The van der Waals surface area contributed by atoms with Crippen molar-refractivity contribution in [1.29, 1.82) is 0 Å². The number of aromatic nitrogens is 2. The summed E-state index contributed by atoms with van der Waals surface area (Å²) in [4.78, 5) is 33.9. The fourth-order valence-corrected chi connectivity index (χ4v) is 2.98. The predicted molar refractivity (Wildman–Crippen MR) is 108 cm³/mol. The molecule has 0 radical (unpaired) electrons. The Labute approximate surface area is 158 Å². The summed E-state index contributed by atoms with van der Waals surface area (Å²) in [5.41, 5.74) is 3.53. The Morgan fingerprint density at radius 3 is 2.70 bits per heavy atom. The average Bonchev–Trinajstić information content (AvgIpc) is 2.65. The Hall–Kier alpha value is -2.99. The van der Waals surface area contributed by atoms with Crippen molar-refractivity contribution in [2.45, 2.75) is 27.3 Å². The molecule has 2 aromatic carbocycles. The standard InChI is InChI=1S/C21H24N4O2/c1-4-25(13-20(26)23-17-11-7-8-14(2)15(17)3)12-19-22-18-10-6-5-9-16(18)21(27)24-19/h5-11H,4,12-13H2,1-3H3,(H,23,26)(H,22,24,27). The third-order valence-electron chi connectivity index (χ3n) is 4.73. The molecule has 0 aliphatic heterocycles. The van der Waals surface area contributed by atoms with Crippen molar-refractivity contribution >= 4 is 22.5 Å². The molecule has 3 rings (SSSR count). The van der Waals surface area contributed by atoms with E-state index < -0.39 is 0 Å². The van der Waals surface area contributed by atoms with E-state index in [2.05, 4.69) is 15.3 Å². The zero-order chi connectivity index (χ0) is 19.4. The predicted octanol–water partition coefficient (Wildman–Crippen LogP) is 3.00. The van der Waals surface area contributed by atoms with E-state index in [1.54, 1.807) is 6.07 Å². The summed E-state index contributed by atoms with van der Waals surface area (Å²) in [5.74, 6) is 0.466. The maximum absolute atomic E-state index is 12.5. The number of fused-ring (bicyclic) bond motifs is 1. The van der Waals surface area contributed by atoms with Crippen LogP contribution in [0.4, 0.5) is 5.69 Å². The molecule has 6 nitrogen and oxygen atoms in total. The lowest BCUT2D eigenvalue weighted by Gasteiger charge is -2.20. The molecule has 2 N–H and O–H groups in total. The summed E-state index contributed by atoms with van der Waals surface area (Å²) in [6.45, 7) is 7.27. The van der Waals surface area contributed by atoms with Gasteiger partial charge in [0.1, 0.15) is 5.82 Å². The number of para-hydroxylation sites is 1. The van der Waals surface area contributed by atoms with Crippen LogP contribution in [0.1, 0.15) is 23.9 Å². The first-order valence-corrected chi connectivity index (χ1v) is 9.04. The van der Waals surface area contributed by atoms with Crippen molar-refractivity contribution in [2.24, 2.45) is 0 Å². The van der Waals surface area contributed by atoms with Gasteiger partial charge < -0.3 is 10.3 Å². The number of amides is 1. The number of carbonyl (C=O) groups is 1. The van der Waals surface area contributed by atoms with Gasteiger partial charge in [-0.3, -0.25) is 14.5 Å². The Bertz CT molecular complexity index is 1030. The molecule has 1 heterocycles. The van der Waals surface area contributed by atoms with Crippen LogP contribution in [0.3, 0.4) is 0 Å². The van der Waals surface area contributed by atoms with E-state index in [-0.39, 0.29) is 18.0 Å². The lowest BCUT2D eigenvalue weighted by Crippen LogP contribution is -2.34. The number of aryl methyl sites for hydroxylation is 1. The van der Waals surface area contributed by atoms with Gasteiger partial charge in [0.05, 0.1) is 24.0 Å². The minimum absolute atomic E-state index is 0.0892. The van der Waals surface area contributed by atoms with Gasteiger partial charge in [-0.1, -0.05) is 31.2 Å². The largest absolute Gasteiger partial charge is 0.325 e. The molecule has 0 bridgehead atoms. The smallest absolute Gasteiger partial charge is 0.258 e. The first-order chi connectivity index (χ1) is 13.0. The van der Waals surface area contributed by atoms with Gasteiger partial charge in [-0.05, 0) is 49.7 Å². The van der Waals surface area contributed by atoms with Crippen LogP contribution < -0.4 is 10.9 Å². The second-order valence-corrected chi connectivity index (χ2v) is 6.63. The van der Waals surface area contributed by atoms with Crippen LogP contribution in [0.2, 0.25) is 0 Å². The maximum Gasteiger partial charge on any atom is 0.258 e. The van der Waals surface area contributed by atoms with E-state index in [1.807, 2.05) is 62.1 Å². The third kappa shape index (κ3) is 4.41. The monoisotopic (exact) mass is 364 g/mol. The number of anilines is 1. The third-order valence-corrected chi connectivity index (χ3v) is 4.73. The highest BCUT2D eigenvalue weighted by Gasteiger charge is 2.13. The number of nitrogens with zero attached hydrogens (tertiary/aromatic N) is 2. The summed E-state index contributed by atoms with van der Waals surface area (Å²) in [6, 6.07) is 13.1. The van der Waals surface area contributed by atoms with Crippen LogP contribution in [0.25, 0.3) is 10.9 Å². The van der Waals surface area contributed by atoms with Crippen LogP contribution >= 0.6 is 0 Å². The highest BCUT2D eigenvalue weighted by atomic mass is 16.2. The average molecular weight is 364 g/mol. The van der Waals surface area contributed by atoms with E-state index in [1.165, 1.54) is 0 Å². The van der Waals surface area contributed by atoms with Crippen molar-refractivity contribution in [2.75, 3.05) is 18.4 Å². The van der Waals surface area contributed by atoms with Gasteiger partial charge in [-0.2, -0.15) is 0 Å². The Morgan fingerprint density at radius 2 is 1.93 bits per heavy atom. The molecular weight excluding hydrogens is 340 g/mol. The summed E-state index contributed by atoms with van der Waals surface area (Å²) in [7, 11) is 0. The molecule has 140 valence electrons. The Kier molecular flexibility index (Phi) is 5.66. The quantitative estimate of drug-likeness (QED) is 0.705. The molecule has 6 heteroatoms. The summed E-state index contributed by atoms with van der Waals surface area (Å²) in [6.07, 6.45) is 0. The zero-order valence-electron chi connectivity index (χ0n) is 15.9. The van der Waals surface area contributed by atoms with Crippen LogP contribution in [0, 0.1) is 13.8 Å². The highest BCUT2D eigenvalue weighted by molar-refractivity contribution is 5.93. The van der Waals surface area contributed by atoms with Crippen LogP contribution in [0.5, 0.6) is 0 Å². The molecule has 0 fully saturated rings. The van der Waals surface area contributed by atoms with Gasteiger partial charge in [-0.25, -0.2) is 4.98 Å². The summed E-state index contributed by atoms with van der Waals surface area (Å²) >= 11 is 0.